The van der Waals surface area contributed by atoms with E-state index in [1.807, 2.05) is 0 Å². The van der Waals surface area contributed by atoms with Crippen molar-refractivity contribution in [3.05, 3.63) is 151 Å². The highest BCUT2D eigenvalue weighted by Crippen LogP contribution is 2.55. The van der Waals surface area contributed by atoms with Gasteiger partial charge in [0.25, 0.3) is 0 Å². The summed E-state index contributed by atoms with van der Waals surface area (Å²) in [7, 11) is 0. The van der Waals surface area contributed by atoms with Gasteiger partial charge in [-0.05, 0) is 67.9 Å². The van der Waals surface area contributed by atoms with E-state index >= 15 is 0 Å². The van der Waals surface area contributed by atoms with Crippen LogP contribution in [0, 0.1) is 0 Å². The molecule has 0 aliphatic heterocycles. The summed E-state index contributed by atoms with van der Waals surface area (Å²) in [4.78, 5) is 2.49. The Bertz CT molecular complexity index is 2080. The second-order valence-corrected chi connectivity index (χ2v) is 11.4. The first-order valence-electron chi connectivity index (χ1n) is 14.0. The van der Waals surface area contributed by atoms with E-state index in [0.717, 1.165) is 5.69 Å². The Kier molecular flexibility index (Phi) is 4.93. The molecule has 0 unspecified atom stereocenters. The molecule has 0 saturated heterocycles. The molecule has 0 atom stereocenters. The molecule has 7 aromatic rings. The molecule has 1 nitrogen and oxygen atoms in total. The molecule has 0 heterocycles. The summed E-state index contributed by atoms with van der Waals surface area (Å²) < 4.78 is 0. The fraction of sp³-hybridized carbons (Fsp3) is 0.0769. The number of benzene rings is 7. The molecular weight excluding hydrogens is 482 g/mol. The number of fused-ring (bicyclic) bond motifs is 8. The summed E-state index contributed by atoms with van der Waals surface area (Å²) in [5.41, 5.74) is 8.92. The number of nitrogens with zero attached hydrogens (tertiary/aromatic N) is 1. The van der Waals surface area contributed by atoms with Gasteiger partial charge < -0.3 is 4.90 Å². The van der Waals surface area contributed by atoms with Crippen molar-refractivity contribution in [2.75, 3.05) is 4.90 Å². The Hall–Kier alpha value is -4.88. The normalized spacial score (nSPS) is 13.4. The molecule has 0 bridgehead atoms. The predicted octanol–water partition coefficient (Wildman–Crippen LogP) is 10.9. The van der Waals surface area contributed by atoms with E-state index in [1.165, 1.54) is 65.9 Å². The maximum absolute atomic E-state index is 2.49. The minimum Gasteiger partial charge on any atom is -0.309 e. The highest BCUT2D eigenvalue weighted by atomic mass is 15.1. The van der Waals surface area contributed by atoms with Crippen LogP contribution in [-0.2, 0) is 5.41 Å². The maximum Gasteiger partial charge on any atom is 0.0546 e. The van der Waals surface area contributed by atoms with Gasteiger partial charge in [-0.2, -0.15) is 0 Å². The molecular formula is C39H29N. The number of anilines is 3. The Morgan fingerprint density at radius 2 is 1.10 bits per heavy atom. The van der Waals surface area contributed by atoms with Gasteiger partial charge in [-0.15, -0.1) is 0 Å². The van der Waals surface area contributed by atoms with Crippen LogP contribution in [0.2, 0.25) is 0 Å². The van der Waals surface area contributed by atoms with Gasteiger partial charge in [0.05, 0.1) is 11.4 Å². The SMILES string of the molecule is CC1(C)c2ccccc2-c2c(N(c3ccccc3)c3cc4c5ccccc5ccc4c4ccccc34)cccc21. The lowest BCUT2D eigenvalue weighted by molar-refractivity contribution is 0.660. The van der Waals surface area contributed by atoms with E-state index in [9.17, 15) is 0 Å². The Balaban J connectivity index is 1.52. The topological polar surface area (TPSA) is 3.24 Å². The lowest BCUT2D eigenvalue weighted by atomic mass is 9.82. The predicted molar refractivity (Wildman–Crippen MR) is 171 cm³/mol. The van der Waals surface area contributed by atoms with E-state index in [2.05, 4.69) is 158 Å². The molecule has 1 aliphatic rings. The van der Waals surface area contributed by atoms with Crippen LogP contribution in [0.4, 0.5) is 17.1 Å². The zero-order chi connectivity index (χ0) is 26.8. The van der Waals surface area contributed by atoms with E-state index in [0.29, 0.717) is 0 Å². The minimum absolute atomic E-state index is 0.0635. The third-order valence-corrected chi connectivity index (χ3v) is 8.83. The van der Waals surface area contributed by atoms with Crippen molar-refractivity contribution < 1.29 is 0 Å². The third kappa shape index (κ3) is 3.21. The zero-order valence-corrected chi connectivity index (χ0v) is 22.7. The lowest BCUT2D eigenvalue weighted by Crippen LogP contribution is -2.16. The van der Waals surface area contributed by atoms with Crippen molar-refractivity contribution in [2.45, 2.75) is 19.3 Å². The molecule has 0 N–H and O–H groups in total. The summed E-state index contributed by atoms with van der Waals surface area (Å²) in [5.74, 6) is 0. The Morgan fingerprint density at radius 1 is 0.450 bits per heavy atom. The van der Waals surface area contributed by atoms with Crippen LogP contribution in [-0.4, -0.2) is 0 Å². The average molecular weight is 512 g/mol. The van der Waals surface area contributed by atoms with Crippen LogP contribution in [0.15, 0.2) is 140 Å². The quantitative estimate of drug-likeness (QED) is 0.213. The Labute approximate surface area is 234 Å². The lowest BCUT2D eigenvalue weighted by Gasteiger charge is -2.30. The maximum atomic E-state index is 2.49. The number of para-hydroxylation sites is 1. The number of hydrogen-bond acceptors (Lipinski definition) is 1. The van der Waals surface area contributed by atoms with Crippen molar-refractivity contribution in [3.63, 3.8) is 0 Å². The standard InChI is InChI=1S/C39H29N/c1-39(2)34-20-11-10-19-32(34)38-35(39)21-12-22-36(38)40(27-14-4-3-5-15-27)37-25-33-28-16-7-6-13-26(28)23-24-30(33)29-17-8-9-18-31(29)37/h3-25H,1-2H3. The molecule has 0 amide bonds. The van der Waals surface area contributed by atoms with E-state index in [1.54, 1.807) is 0 Å². The Morgan fingerprint density at radius 3 is 1.95 bits per heavy atom. The monoisotopic (exact) mass is 511 g/mol. The van der Waals surface area contributed by atoms with Gasteiger partial charge in [-0.1, -0.05) is 129 Å². The second kappa shape index (κ2) is 8.56. The van der Waals surface area contributed by atoms with Gasteiger partial charge in [0.2, 0.25) is 0 Å². The molecule has 7 aromatic carbocycles. The minimum atomic E-state index is -0.0635. The molecule has 1 aliphatic carbocycles. The van der Waals surface area contributed by atoms with Gasteiger partial charge in [-0.3, -0.25) is 0 Å². The number of hydrogen-bond donors (Lipinski definition) is 0. The molecule has 1 heteroatoms. The highest BCUT2D eigenvalue weighted by Gasteiger charge is 2.37. The van der Waals surface area contributed by atoms with Gasteiger partial charge in [0.15, 0.2) is 0 Å². The van der Waals surface area contributed by atoms with Crippen LogP contribution in [0.25, 0.3) is 43.4 Å². The van der Waals surface area contributed by atoms with Crippen molar-refractivity contribution in [2.24, 2.45) is 0 Å². The van der Waals surface area contributed by atoms with Crippen molar-refractivity contribution in [1.29, 1.82) is 0 Å². The van der Waals surface area contributed by atoms with Gasteiger partial charge in [0.1, 0.15) is 0 Å². The van der Waals surface area contributed by atoms with E-state index in [-0.39, 0.29) is 5.41 Å². The van der Waals surface area contributed by atoms with Crippen LogP contribution in [0.3, 0.4) is 0 Å². The van der Waals surface area contributed by atoms with Crippen molar-refractivity contribution >= 4 is 49.4 Å². The first kappa shape index (κ1) is 23.0. The van der Waals surface area contributed by atoms with Crippen molar-refractivity contribution in [3.8, 4) is 11.1 Å². The van der Waals surface area contributed by atoms with E-state index < -0.39 is 0 Å². The zero-order valence-electron chi connectivity index (χ0n) is 22.7. The third-order valence-electron chi connectivity index (χ3n) is 8.83. The molecule has 40 heavy (non-hydrogen) atoms. The summed E-state index contributed by atoms with van der Waals surface area (Å²) in [5, 5.41) is 7.63. The van der Waals surface area contributed by atoms with Crippen LogP contribution in [0.5, 0.6) is 0 Å². The first-order valence-corrected chi connectivity index (χ1v) is 14.0. The molecule has 0 aromatic heterocycles. The smallest absolute Gasteiger partial charge is 0.0546 e. The average Bonchev–Trinajstić information content (AvgIpc) is 3.25. The molecule has 0 spiro atoms. The van der Waals surface area contributed by atoms with Gasteiger partial charge >= 0.3 is 0 Å². The molecule has 190 valence electrons. The van der Waals surface area contributed by atoms with Crippen molar-refractivity contribution in [1.82, 2.24) is 0 Å². The van der Waals surface area contributed by atoms with Crippen LogP contribution in [0.1, 0.15) is 25.0 Å². The van der Waals surface area contributed by atoms with Gasteiger partial charge in [-0.25, -0.2) is 0 Å². The van der Waals surface area contributed by atoms with Crippen LogP contribution < -0.4 is 4.90 Å². The van der Waals surface area contributed by atoms with Gasteiger partial charge in [0, 0.05) is 22.1 Å². The largest absolute Gasteiger partial charge is 0.309 e. The molecule has 0 fully saturated rings. The number of rotatable bonds is 3. The fourth-order valence-electron chi connectivity index (χ4n) is 6.93. The summed E-state index contributed by atoms with van der Waals surface area (Å²) >= 11 is 0. The van der Waals surface area contributed by atoms with Crippen LogP contribution >= 0.6 is 0 Å². The summed E-state index contributed by atoms with van der Waals surface area (Å²) in [6.45, 7) is 4.71. The first-order chi connectivity index (χ1) is 19.6. The fourth-order valence-corrected chi connectivity index (χ4v) is 6.93. The molecule has 0 radical (unpaired) electrons. The summed E-state index contributed by atoms with van der Waals surface area (Å²) in [6, 6.07) is 51.2. The second-order valence-electron chi connectivity index (χ2n) is 11.4. The molecule has 8 rings (SSSR count). The molecule has 0 saturated carbocycles. The summed E-state index contributed by atoms with van der Waals surface area (Å²) in [6.07, 6.45) is 0. The highest BCUT2D eigenvalue weighted by molar-refractivity contribution is 6.21. The van der Waals surface area contributed by atoms with E-state index in [4.69, 9.17) is 0 Å².